The summed E-state index contributed by atoms with van der Waals surface area (Å²) in [5.41, 5.74) is 1.05. The molecule has 1 N–H and O–H groups in total. The van der Waals surface area contributed by atoms with Crippen LogP contribution in [0.1, 0.15) is 44.2 Å². The molecule has 2 amide bonds. The molecule has 0 radical (unpaired) electrons. The van der Waals surface area contributed by atoms with Crippen LogP contribution in [0.25, 0.3) is 0 Å². The lowest BCUT2D eigenvalue weighted by molar-refractivity contribution is -0.385. The predicted molar refractivity (Wildman–Crippen MR) is 122 cm³/mol. The molecule has 1 atom stereocenters. The van der Waals surface area contributed by atoms with Gasteiger partial charge in [0.25, 0.3) is 5.69 Å². The number of nitro groups is 1. The summed E-state index contributed by atoms with van der Waals surface area (Å²) >= 11 is 0. The van der Waals surface area contributed by atoms with Gasteiger partial charge in [-0.3, -0.25) is 19.7 Å². The van der Waals surface area contributed by atoms with E-state index in [9.17, 15) is 19.7 Å². The third-order valence-corrected chi connectivity index (χ3v) is 5.26. The van der Waals surface area contributed by atoms with Gasteiger partial charge in [-0.05, 0) is 30.5 Å². The number of carbonyl (C=O) groups excluding carboxylic acids is 2. The van der Waals surface area contributed by atoms with Gasteiger partial charge in [-0.25, -0.2) is 0 Å². The van der Waals surface area contributed by atoms with Crippen LogP contribution in [0.5, 0.6) is 5.75 Å². The maximum atomic E-state index is 13.3. The van der Waals surface area contributed by atoms with E-state index in [1.165, 1.54) is 11.0 Å². The Balaban J connectivity index is 2.31. The van der Waals surface area contributed by atoms with Gasteiger partial charge in [0.15, 0.2) is 0 Å². The smallest absolute Gasteiger partial charge is 0.273 e. The second-order valence-electron chi connectivity index (χ2n) is 7.50. The summed E-state index contributed by atoms with van der Waals surface area (Å²) in [6.45, 7) is 4.64. The van der Waals surface area contributed by atoms with Gasteiger partial charge >= 0.3 is 0 Å². The highest BCUT2D eigenvalue weighted by molar-refractivity contribution is 5.88. The first kappa shape index (κ1) is 24.8. The zero-order valence-corrected chi connectivity index (χ0v) is 18.9. The molecule has 8 nitrogen and oxygen atoms in total. The minimum atomic E-state index is -0.677. The van der Waals surface area contributed by atoms with E-state index in [4.69, 9.17) is 4.74 Å². The summed E-state index contributed by atoms with van der Waals surface area (Å²) in [5, 5.41) is 14.3. The molecule has 0 bridgehead atoms. The first-order valence-electron chi connectivity index (χ1n) is 10.8. The number of nitro benzene ring substituents is 1. The predicted octanol–water partition coefficient (Wildman–Crippen LogP) is 3.87. The Hall–Kier alpha value is -3.42. The van der Waals surface area contributed by atoms with E-state index < -0.39 is 11.0 Å². The number of methoxy groups -OCH3 is 1. The molecule has 0 aliphatic rings. The molecule has 0 saturated heterocycles. The van der Waals surface area contributed by atoms with Crippen molar-refractivity contribution < 1.29 is 19.2 Å². The van der Waals surface area contributed by atoms with E-state index in [0.29, 0.717) is 24.3 Å². The molecule has 0 aliphatic carbocycles. The topological polar surface area (TPSA) is 102 Å². The van der Waals surface area contributed by atoms with E-state index in [0.717, 1.165) is 18.4 Å². The molecule has 0 spiro atoms. The van der Waals surface area contributed by atoms with Crippen LogP contribution in [0.2, 0.25) is 0 Å². The fourth-order valence-electron chi connectivity index (χ4n) is 3.46. The standard InChI is InChI=1S/C24H31N3O5/c1-4-6-15-25-24(29)21(5-2)26(17-18-11-13-20(32-3)14-12-18)23(28)16-19-9-7-8-10-22(19)27(30)31/h7-14,21H,4-6,15-17H2,1-3H3,(H,25,29)/t21-/m0/s1. The van der Waals surface area contributed by atoms with Crippen molar-refractivity contribution in [3.05, 3.63) is 69.8 Å². The van der Waals surface area contributed by atoms with Gasteiger partial charge in [0.05, 0.1) is 18.5 Å². The normalized spacial score (nSPS) is 11.5. The summed E-state index contributed by atoms with van der Waals surface area (Å²) < 4.78 is 5.19. The van der Waals surface area contributed by atoms with Gasteiger partial charge in [0.2, 0.25) is 11.8 Å². The van der Waals surface area contributed by atoms with Crippen LogP contribution < -0.4 is 10.1 Å². The average Bonchev–Trinajstić information content (AvgIpc) is 2.79. The Morgan fingerprint density at radius 1 is 1.12 bits per heavy atom. The third kappa shape index (κ3) is 6.80. The van der Waals surface area contributed by atoms with Crippen LogP contribution in [0.15, 0.2) is 48.5 Å². The number of benzene rings is 2. The maximum Gasteiger partial charge on any atom is 0.273 e. The summed E-state index contributed by atoms with van der Waals surface area (Å²) in [6.07, 6.45) is 2.07. The molecule has 172 valence electrons. The zero-order chi connectivity index (χ0) is 23.5. The van der Waals surface area contributed by atoms with Crippen molar-refractivity contribution in [3.8, 4) is 5.75 Å². The molecule has 0 aliphatic heterocycles. The number of nitrogens with zero attached hydrogens (tertiary/aromatic N) is 2. The SMILES string of the molecule is CCCCNC(=O)[C@H](CC)N(Cc1ccc(OC)cc1)C(=O)Cc1ccccc1[N+](=O)[O-]. The van der Waals surface area contributed by atoms with Crippen molar-refractivity contribution in [2.24, 2.45) is 0 Å². The van der Waals surface area contributed by atoms with E-state index in [-0.39, 0.29) is 30.5 Å². The molecular weight excluding hydrogens is 410 g/mol. The monoisotopic (exact) mass is 441 g/mol. The number of rotatable bonds is 12. The van der Waals surface area contributed by atoms with Crippen LogP contribution in [-0.2, 0) is 22.6 Å². The molecule has 2 aromatic carbocycles. The van der Waals surface area contributed by atoms with Crippen molar-refractivity contribution in [2.75, 3.05) is 13.7 Å². The molecule has 0 saturated carbocycles. The molecule has 0 heterocycles. The van der Waals surface area contributed by atoms with E-state index in [1.54, 1.807) is 37.4 Å². The number of para-hydroxylation sites is 1. The van der Waals surface area contributed by atoms with Crippen molar-refractivity contribution in [1.29, 1.82) is 0 Å². The van der Waals surface area contributed by atoms with Gasteiger partial charge in [0.1, 0.15) is 11.8 Å². The lowest BCUT2D eigenvalue weighted by Gasteiger charge is -2.30. The Bertz CT molecular complexity index is 914. The molecule has 2 rings (SSSR count). The Morgan fingerprint density at radius 3 is 2.41 bits per heavy atom. The summed E-state index contributed by atoms with van der Waals surface area (Å²) in [6, 6.07) is 12.8. The summed E-state index contributed by atoms with van der Waals surface area (Å²) in [7, 11) is 1.57. The number of nitrogens with one attached hydrogen (secondary N) is 1. The average molecular weight is 442 g/mol. The van der Waals surface area contributed by atoms with Crippen molar-refractivity contribution in [1.82, 2.24) is 10.2 Å². The summed E-state index contributed by atoms with van der Waals surface area (Å²) in [5.74, 6) is 0.133. The Labute approximate surface area is 188 Å². The third-order valence-electron chi connectivity index (χ3n) is 5.26. The number of unbranched alkanes of at least 4 members (excludes halogenated alkanes) is 1. The van der Waals surface area contributed by atoms with E-state index >= 15 is 0 Å². The number of carbonyl (C=O) groups is 2. The number of amides is 2. The number of hydrogen-bond donors (Lipinski definition) is 1. The lowest BCUT2D eigenvalue weighted by Crippen LogP contribution is -2.49. The fraction of sp³-hybridized carbons (Fsp3) is 0.417. The second kappa shape index (κ2) is 12.4. The van der Waals surface area contributed by atoms with Gasteiger partial charge in [-0.1, -0.05) is 50.6 Å². The van der Waals surface area contributed by atoms with Crippen molar-refractivity contribution in [3.63, 3.8) is 0 Å². The zero-order valence-electron chi connectivity index (χ0n) is 18.9. The van der Waals surface area contributed by atoms with Crippen LogP contribution in [0.3, 0.4) is 0 Å². The lowest BCUT2D eigenvalue weighted by atomic mass is 10.1. The molecule has 0 fully saturated rings. The minimum Gasteiger partial charge on any atom is -0.497 e. The summed E-state index contributed by atoms with van der Waals surface area (Å²) in [4.78, 5) is 38.6. The van der Waals surface area contributed by atoms with Crippen LogP contribution in [0, 0.1) is 10.1 Å². The Morgan fingerprint density at radius 2 is 1.81 bits per heavy atom. The highest BCUT2D eigenvalue weighted by Crippen LogP contribution is 2.21. The number of ether oxygens (including phenoxy) is 1. The van der Waals surface area contributed by atoms with Gasteiger partial charge in [-0.2, -0.15) is 0 Å². The highest BCUT2D eigenvalue weighted by Gasteiger charge is 2.29. The fourth-order valence-corrected chi connectivity index (χ4v) is 3.46. The molecule has 0 unspecified atom stereocenters. The van der Waals surface area contributed by atoms with Crippen LogP contribution in [-0.4, -0.2) is 41.3 Å². The quantitative estimate of drug-likeness (QED) is 0.306. The van der Waals surface area contributed by atoms with Gasteiger partial charge < -0.3 is 15.0 Å². The van der Waals surface area contributed by atoms with Crippen molar-refractivity contribution in [2.45, 2.75) is 52.1 Å². The molecule has 8 heteroatoms. The maximum absolute atomic E-state index is 13.3. The molecular formula is C24H31N3O5. The van der Waals surface area contributed by atoms with E-state index in [2.05, 4.69) is 5.32 Å². The molecule has 32 heavy (non-hydrogen) atoms. The van der Waals surface area contributed by atoms with Crippen LogP contribution >= 0.6 is 0 Å². The van der Waals surface area contributed by atoms with Gasteiger partial charge in [-0.15, -0.1) is 0 Å². The highest BCUT2D eigenvalue weighted by atomic mass is 16.6. The number of hydrogen-bond acceptors (Lipinski definition) is 5. The van der Waals surface area contributed by atoms with Gasteiger partial charge in [0, 0.05) is 24.7 Å². The van der Waals surface area contributed by atoms with Crippen molar-refractivity contribution >= 4 is 17.5 Å². The molecule has 2 aromatic rings. The first-order valence-corrected chi connectivity index (χ1v) is 10.8. The second-order valence-corrected chi connectivity index (χ2v) is 7.50. The minimum absolute atomic E-state index is 0.106. The van der Waals surface area contributed by atoms with E-state index in [1.807, 2.05) is 26.0 Å². The largest absolute Gasteiger partial charge is 0.497 e. The van der Waals surface area contributed by atoms with Crippen LogP contribution in [0.4, 0.5) is 5.69 Å². The first-order chi connectivity index (χ1) is 15.4. The Kier molecular flexibility index (Phi) is 9.66. The molecule has 0 aromatic heterocycles.